The monoisotopic (exact) mass is 250 g/mol. The molecule has 0 radical (unpaired) electrons. The van der Waals surface area contributed by atoms with E-state index in [1.165, 1.54) is 0 Å². The first-order valence-corrected chi connectivity index (χ1v) is 7.17. The average molecular weight is 250 g/mol. The van der Waals surface area contributed by atoms with Crippen molar-refractivity contribution in [2.45, 2.75) is 39.0 Å². The standard InChI is InChI=1S/C14H22N2O2/c1-14(6-3-7-15-8-14)9-16-12(17)10-4-2-5-11(10)13(16)18/h10-11,15H,2-9H2,1H3. The summed E-state index contributed by atoms with van der Waals surface area (Å²) in [6, 6.07) is 0. The predicted molar refractivity (Wildman–Crippen MR) is 67.8 cm³/mol. The molecule has 1 N–H and O–H groups in total. The van der Waals surface area contributed by atoms with Crippen molar-refractivity contribution in [3.05, 3.63) is 0 Å². The van der Waals surface area contributed by atoms with Crippen LogP contribution in [0.25, 0.3) is 0 Å². The van der Waals surface area contributed by atoms with Crippen molar-refractivity contribution in [1.29, 1.82) is 0 Å². The highest BCUT2D eigenvalue weighted by molar-refractivity contribution is 6.05. The van der Waals surface area contributed by atoms with Crippen LogP contribution < -0.4 is 5.32 Å². The summed E-state index contributed by atoms with van der Waals surface area (Å²) in [4.78, 5) is 26.2. The van der Waals surface area contributed by atoms with E-state index in [4.69, 9.17) is 0 Å². The van der Waals surface area contributed by atoms with Gasteiger partial charge in [-0.1, -0.05) is 13.3 Å². The van der Waals surface area contributed by atoms with Crippen LogP contribution in [-0.2, 0) is 9.59 Å². The topological polar surface area (TPSA) is 49.4 Å². The Morgan fingerprint density at radius 1 is 1.22 bits per heavy atom. The number of likely N-dealkylation sites (tertiary alicyclic amines) is 1. The number of piperidine rings is 1. The molecule has 3 atom stereocenters. The molecule has 3 fully saturated rings. The zero-order valence-electron chi connectivity index (χ0n) is 11.1. The summed E-state index contributed by atoms with van der Waals surface area (Å²) in [5.74, 6) is 0.235. The lowest BCUT2D eigenvalue weighted by Crippen LogP contribution is -2.47. The molecule has 100 valence electrons. The smallest absolute Gasteiger partial charge is 0.233 e. The van der Waals surface area contributed by atoms with Crippen LogP contribution in [0.3, 0.4) is 0 Å². The molecule has 2 amide bonds. The van der Waals surface area contributed by atoms with E-state index < -0.39 is 0 Å². The maximum atomic E-state index is 12.3. The molecule has 3 unspecified atom stereocenters. The number of hydrogen-bond donors (Lipinski definition) is 1. The molecule has 3 rings (SSSR count). The first-order valence-electron chi connectivity index (χ1n) is 7.17. The Labute approximate surface area is 108 Å². The van der Waals surface area contributed by atoms with Crippen molar-refractivity contribution < 1.29 is 9.59 Å². The fourth-order valence-corrected chi connectivity index (χ4v) is 3.85. The second kappa shape index (κ2) is 4.34. The van der Waals surface area contributed by atoms with Gasteiger partial charge in [0.2, 0.25) is 11.8 Å². The van der Waals surface area contributed by atoms with E-state index in [2.05, 4.69) is 12.2 Å². The van der Waals surface area contributed by atoms with Gasteiger partial charge in [0, 0.05) is 13.1 Å². The van der Waals surface area contributed by atoms with Gasteiger partial charge in [0.05, 0.1) is 11.8 Å². The Bertz CT molecular complexity index is 352. The molecule has 2 saturated heterocycles. The Morgan fingerprint density at radius 2 is 1.89 bits per heavy atom. The van der Waals surface area contributed by atoms with Gasteiger partial charge >= 0.3 is 0 Å². The van der Waals surface area contributed by atoms with Gasteiger partial charge in [0.1, 0.15) is 0 Å². The Kier molecular flexibility index (Phi) is 2.93. The molecule has 4 heteroatoms. The summed E-state index contributed by atoms with van der Waals surface area (Å²) in [7, 11) is 0. The van der Waals surface area contributed by atoms with Crippen LogP contribution in [0.1, 0.15) is 39.0 Å². The number of amides is 2. The Morgan fingerprint density at radius 3 is 2.44 bits per heavy atom. The molecule has 2 heterocycles. The number of imide groups is 1. The van der Waals surface area contributed by atoms with Crippen molar-refractivity contribution in [1.82, 2.24) is 10.2 Å². The van der Waals surface area contributed by atoms with Gasteiger partial charge in [-0.2, -0.15) is 0 Å². The molecule has 0 aromatic heterocycles. The predicted octanol–water partition coefficient (Wildman–Crippen LogP) is 1.16. The Balaban J connectivity index is 1.73. The number of carbonyl (C=O) groups excluding carboxylic acids is 2. The van der Waals surface area contributed by atoms with Crippen molar-refractivity contribution in [3.63, 3.8) is 0 Å². The average Bonchev–Trinajstić information content (AvgIpc) is 2.91. The lowest BCUT2D eigenvalue weighted by molar-refractivity contribution is -0.142. The third-order valence-electron chi connectivity index (χ3n) is 4.91. The maximum Gasteiger partial charge on any atom is 0.233 e. The van der Waals surface area contributed by atoms with Gasteiger partial charge in [-0.05, 0) is 37.6 Å². The normalized spacial score (nSPS) is 40.4. The quantitative estimate of drug-likeness (QED) is 0.748. The molecule has 2 aliphatic heterocycles. The van der Waals surface area contributed by atoms with Crippen LogP contribution >= 0.6 is 0 Å². The third kappa shape index (κ3) is 1.87. The van der Waals surface area contributed by atoms with E-state index in [1.807, 2.05) is 0 Å². The minimum absolute atomic E-state index is 0.0117. The first-order chi connectivity index (χ1) is 8.61. The van der Waals surface area contributed by atoms with Gasteiger partial charge in [0.25, 0.3) is 0 Å². The molecular formula is C14H22N2O2. The molecule has 1 aliphatic carbocycles. The zero-order valence-corrected chi connectivity index (χ0v) is 11.1. The zero-order chi connectivity index (χ0) is 12.8. The van der Waals surface area contributed by atoms with E-state index in [9.17, 15) is 9.59 Å². The van der Waals surface area contributed by atoms with Crippen LogP contribution in [-0.4, -0.2) is 36.3 Å². The molecule has 0 bridgehead atoms. The number of rotatable bonds is 2. The summed E-state index contributed by atoms with van der Waals surface area (Å²) >= 11 is 0. The van der Waals surface area contributed by atoms with E-state index >= 15 is 0 Å². The van der Waals surface area contributed by atoms with Crippen LogP contribution in [0.5, 0.6) is 0 Å². The van der Waals surface area contributed by atoms with Gasteiger partial charge in [-0.25, -0.2) is 0 Å². The number of nitrogens with zero attached hydrogens (tertiary/aromatic N) is 1. The largest absolute Gasteiger partial charge is 0.316 e. The van der Waals surface area contributed by atoms with E-state index in [-0.39, 0.29) is 29.1 Å². The molecule has 4 nitrogen and oxygen atoms in total. The van der Waals surface area contributed by atoms with Crippen LogP contribution in [0, 0.1) is 17.3 Å². The van der Waals surface area contributed by atoms with E-state index in [1.54, 1.807) is 4.90 Å². The van der Waals surface area contributed by atoms with Crippen LogP contribution in [0.15, 0.2) is 0 Å². The second-order valence-electron chi connectivity index (χ2n) is 6.50. The summed E-state index contributed by atoms with van der Waals surface area (Å²) in [5, 5.41) is 3.38. The fraction of sp³-hybridized carbons (Fsp3) is 0.857. The SMILES string of the molecule is CC1(CN2C(=O)C3CCCC3C2=O)CCCNC1. The summed E-state index contributed by atoms with van der Waals surface area (Å²) in [6.07, 6.45) is 5.12. The Hall–Kier alpha value is -0.900. The number of carbonyl (C=O) groups is 2. The second-order valence-corrected chi connectivity index (χ2v) is 6.50. The maximum absolute atomic E-state index is 12.3. The number of nitrogens with one attached hydrogen (secondary N) is 1. The van der Waals surface area contributed by atoms with Crippen molar-refractivity contribution in [2.75, 3.05) is 19.6 Å². The van der Waals surface area contributed by atoms with Crippen molar-refractivity contribution >= 4 is 11.8 Å². The lowest BCUT2D eigenvalue weighted by Gasteiger charge is -2.36. The van der Waals surface area contributed by atoms with Crippen molar-refractivity contribution in [2.24, 2.45) is 17.3 Å². The highest BCUT2D eigenvalue weighted by atomic mass is 16.2. The van der Waals surface area contributed by atoms with Crippen LogP contribution in [0.2, 0.25) is 0 Å². The molecule has 18 heavy (non-hydrogen) atoms. The molecule has 0 aromatic carbocycles. The minimum atomic E-state index is 0.0117. The third-order valence-corrected chi connectivity index (χ3v) is 4.91. The van der Waals surface area contributed by atoms with Gasteiger partial charge < -0.3 is 5.32 Å². The fourth-order valence-electron chi connectivity index (χ4n) is 3.85. The first kappa shape index (κ1) is 12.2. The number of hydrogen-bond acceptors (Lipinski definition) is 3. The van der Waals surface area contributed by atoms with Crippen molar-refractivity contribution in [3.8, 4) is 0 Å². The molecule has 0 aromatic rings. The molecule has 1 saturated carbocycles. The van der Waals surface area contributed by atoms with Gasteiger partial charge in [-0.15, -0.1) is 0 Å². The highest BCUT2D eigenvalue weighted by Gasteiger charge is 2.50. The van der Waals surface area contributed by atoms with Crippen LogP contribution in [0.4, 0.5) is 0 Å². The summed E-state index contributed by atoms with van der Waals surface area (Å²) in [6.45, 7) is 4.78. The highest BCUT2D eigenvalue weighted by Crippen LogP contribution is 2.41. The summed E-state index contributed by atoms with van der Waals surface area (Å²) in [5.41, 5.74) is 0.0716. The number of fused-ring (bicyclic) bond motifs is 1. The van der Waals surface area contributed by atoms with E-state index in [0.717, 1.165) is 45.2 Å². The van der Waals surface area contributed by atoms with Gasteiger partial charge in [0.15, 0.2) is 0 Å². The van der Waals surface area contributed by atoms with E-state index in [0.29, 0.717) is 6.54 Å². The summed E-state index contributed by atoms with van der Waals surface area (Å²) < 4.78 is 0. The lowest BCUT2D eigenvalue weighted by atomic mass is 9.82. The minimum Gasteiger partial charge on any atom is -0.316 e. The van der Waals surface area contributed by atoms with Gasteiger partial charge in [-0.3, -0.25) is 14.5 Å². The molecular weight excluding hydrogens is 228 g/mol. The molecule has 3 aliphatic rings. The molecule has 0 spiro atoms.